The topological polar surface area (TPSA) is 34.1 Å². The van der Waals surface area contributed by atoms with Crippen LogP contribution in [-0.4, -0.2) is 30.1 Å². The van der Waals surface area contributed by atoms with Gasteiger partial charge in [-0.2, -0.15) is 11.8 Å². The first-order valence-electron chi connectivity index (χ1n) is 5.69. The van der Waals surface area contributed by atoms with Crippen molar-refractivity contribution in [2.24, 2.45) is 0 Å². The van der Waals surface area contributed by atoms with Gasteiger partial charge in [0.2, 0.25) is 5.88 Å². The number of thioether (sulfide) groups is 1. The SMILES string of the molecule is CCOc1ncccc1NCCCCSC. The lowest BCUT2D eigenvalue weighted by Gasteiger charge is -2.10. The summed E-state index contributed by atoms with van der Waals surface area (Å²) in [5.74, 6) is 1.93. The van der Waals surface area contributed by atoms with Crippen molar-refractivity contribution >= 4 is 17.4 Å². The molecule has 0 saturated carbocycles. The van der Waals surface area contributed by atoms with Crippen LogP contribution in [0.4, 0.5) is 5.69 Å². The molecule has 1 rings (SSSR count). The zero-order valence-electron chi connectivity index (χ0n) is 10.0. The number of nitrogens with zero attached hydrogens (tertiary/aromatic N) is 1. The molecule has 0 aromatic carbocycles. The van der Waals surface area contributed by atoms with Gasteiger partial charge in [0.1, 0.15) is 0 Å². The third kappa shape index (κ3) is 4.75. The Morgan fingerprint density at radius 1 is 1.44 bits per heavy atom. The van der Waals surface area contributed by atoms with Crippen molar-refractivity contribution in [1.82, 2.24) is 4.98 Å². The summed E-state index contributed by atoms with van der Waals surface area (Å²) < 4.78 is 5.44. The molecule has 0 spiro atoms. The van der Waals surface area contributed by atoms with Crippen LogP contribution in [0.15, 0.2) is 18.3 Å². The fourth-order valence-electron chi connectivity index (χ4n) is 1.37. The molecule has 1 heterocycles. The van der Waals surface area contributed by atoms with Gasteiger partial charge in [-0.15, -0.1) is 0 Å². The molecule has 1 aromatic heterocycles. The molecule has 0 aliphatic carbocycles. The third-order valence-electron chi connectivity index (χ3n) is 2.14. The molecule has 0 atom stereocenters. The Bertz CT molecular complexity index is 294. The molecule has 0 fully saturated rings. The van der Waals surface area contributed by atoms with Crippen molar-refractivity contribution in [3.05, 3.63) is 18.3 Å². The fourth-order valence-corrected chi connectivity index (χ4v) is 1.86. The second kappa shape index (κ2) is 8.28. The van der Waals surface area contributed by atoms with Crippen LogP contribution in [-0.2, 0) is 0 Å². The van der Waals surface area contributed by atoms with Gasteiger partial charge in [0.05, 0.1) is 12.3 Å². The van der Waals surface area contributed by atoms with Crippen molar-refractivity contribution in [3.63, 3.8) is 0 Å². The molecule has 1 N–H and O–H groups in total. The van der Waals surface area contributed by atoms with Crippen LogP contribution in [0.2, 0.25) is 0 Å². The van der Waals surface area contributed by atoms with E-state index in [1.54, 1.807) is 6.20 Å². The summed E-state index contributed by atoms with van der Waals surface area (Å²) in [6.07, 6.45) is 6.32. The highest BCUT2D eigenvalue weighted by Crippen LogP contribution is 2.20. The minimum atomic E-state index is 0.651. The lowest BCUT2D eigenvalue weighted by molar-refractivity contribution is 0.328. The number of unbranched alkanes of at least 4 members (excludes halogenated alkanes) is 1. The maximum atomic E-state index is 5.44. The molecule has 1 aromatic rings. The van der Waals surface area contributed by atoms with Crippen molar-refractivity contribution < 1.29 is 4.74 Å². The molecule has 4 heteroatoms. The summed E-state index contributed by atoms with van der Waals surface area (Å²) in [5.41, 5.74) is 0.994. The summed E-state index contributed by atoms with van der Waals surface area (Å²) in [7, 11) is 0. The van der Waals surface area contributed by atoms with Gasteiger partial charge in [-0.1, -0.05) is 0 Å². The van der Waals surface area contributed by atoms with Gasteiger partial charge in [-0.3, -0.25) is 0 Å². The molecule has 0 saturated heterocycles. The Balaban J connectivity index is 2.34. The van der Waals surface area contributed by atoms with Gasteiger partial charge in [0.25, 0.3) is 0 Å². The van der Waals surface area contributed by atoms with E-state index in [0.717, 1.165) is 12.2 Å². The quantitative estimate of drug-likeness (QED) is 0.708. The second-order valence-corrected chi connectivity index (χ2v) is 4.40. The van der Waals surface area contributed by atoms with Gasteiger partial charge in [-0.25, -0.2) is 4.98 Å². The predicted octanol–water partition coefficient (Wildman–Crippen LogP) is 3.04. The summed E-state index contributed by atoms with van der Waals surface area (Å²) in [4.78, 5) is 4.19. The van der Waals surface area contributed by atoms with E-state index in [4.69, 9.17) is 4.74 Å². The second-order valence-electron chi connectivity index (χ2n) is 3.42. The van der Waals surface area contributed by atoms with E-state index in [-0.39, 0.29) is 0 Å². The lowest BCUT2D eigenvalue weighted by Crippen LogP contribution is -2.05. The molecule has 0 unspecified atom stereocenters. The largest absolute Gasteiger partial charge is 0.476 e. The van der Waals surface area contributed by atoms with E-state index in [9.17, 15) is 0 Å². The van der Waals surface area contributed by atoms with Crippen LogP contribution in [0.1, 0.15) is 19.8 Å². The normalized spacial score (nSPS) is 10.1. The number of hydrogen-bond donors (Lipinski definition) is 1. The highest BCUT2D eigenvalue weighted by Gasteiger charge is 2.02. The number of ether oxygens (including phenoxy) is 1. The van der Waals surface area contributed by atoms with Crippen molar-refractivity contribution in [3.8, 4) is 5.88 Å². The average Bonchev–Trinajstić information content (AvgIpc) is 2.31. The summed E-state index contributed by atoms with van der Waals surface area (Å²) in [6.45, 7) is 3.60. The Morgan fingerprint density at radius 3 is 3.06 bits per heavy atom. The predicted molar refractivity (Wildman–Crippen MR) is 71.5 cm³/mol. The Labute approximate surface area is 102 Å². The highest BCUT2D eigenvalue weighted by atomic mass is 32.2. The Hall–Kier alpha value is -0.900. The number of aromatic nitrogens is 1. The van der Waals surface area contributed by atoms with Gasteiger partial charge < -0.3 is 10.1 Å². The first-order valence-corrected chi connectivity index (χ1v) is 7.08. The molecule has 90 valence electrons. The Morgan fingerprint density at radius 2 is 2.31 bits per heavy atom. The lowest BCUT2D eigenvalue weighted by atomic mass is 10.3. The van der Waals surface area contributed by atoms with Gasteiger partial charge in [0, 0.05) is 12.7 Å². The maximum Gasteiger partial charge on any atom is 0.237 e. The summed E-state index contributed by atoms with van der Waals surface area (Å²) >= 11 is 1.89. The fraction of sp³-hybridized carbons (Fsp3) is 0.583. The smallest absolute Gasteiger partial charge is 0.237 e. The molecule has 16 heavy (non-hydrogen) atoms. The van der Waals surface area contributed by atoms with Gasteiger partial charge in [-0.05, 0) is 43.9 Å². The average molecular weight is 240 g/mol. The molecule has 0 aliphatic heterocycles. The van der Waals surface area contributed by atoms with Crippen LogP contribution in [0, 0.1) is 0 Å². The number of anilines is 1. The first-order chi connectivity index (χ1) is 7.88. The number of hydrogen-bond acceptors (Lipinski definition) is 4. The van der Waals surface area contributed by atoms with Gasteiger partial charge in [0.15, 0.2) is 0 Å². The summed E-state index contributed by atoms with van der Waals surface area (Å²) in [6, 6.07) is 3.93. The van der Waals surface area contributed by atoms with Crippen LogP contribution in [0.5, 0.6) is 5.88 Å². The number of pyridine rings is 1. The zero-order valence-corrected chi connectivity index (χ0v) is 10.8. The minimum absolute atomic E-state index is 0.651. The maximum absolute atomic E-state index is 5.44. The number of nitrogens with one attached hydrogen (secondary N) is 1. The molecule has 0 amide bonds. The molecule has 0 aliphatic rings. The Kier molecular flexibility index (Phi) is 6.81. The van der Waals surface area contributed by atoms with E-state index in [0.29, 0.717) is 12.5 Å². The van der Waals surface area contributed by atoms with Gasteiger partial charge >= 0.3 is 0 Å². The third-order valence-corrected chi connectivity index (χ3v) is 2.84. The van der Waals surface area contributed by atoms with E-state index in [1.807, 2.05) is 30.8 Å². The zero-order chi connectivity index (χ0) is 11.6. The summed E-state index contributed by atoms with van der Waals surface area (Å²) in [5, 5.41) is 3.36. The van der Waals surface area contributed by atoms with Crippen LogP contribution < -0.4 is 10.1 Å². The molecule has 3 nitrogen and oxygen atoms in total. The van der Waals surface area contributed by atoms with E-state index < -0.39 is 0 Å². The van der Waals surface area contributed by atoms with Crippen molar-refractivity contribution in [1.29, 1.82) is 0 Å². The minimum Gasteiger partial charge on any atom is -0.476 e. The van der Waals surface area contributed by atoms with Crippen LogP contribution in [0.25, 0.3) is 0 Å². The van der Waals surface area contributed by atoms with E-state index >= 15 is 0 Å². The van der Waals surface area contributed by atoms with Crippen molar-refractivity contribution in [2.75, 3.05) is 30.5 Å². The molecular weight excluding hydrogens is 220 g/mol. The standard InChI is InChI=1S/C12H20N2OS/c1-3-15-12-11(7-6-9-14-12)13-8-4-5-10-16-2/h6-7,9,13H,3-5,8,10H2,1-2H3. The van der Waals surface area contributed by atoms with Crippen LogP contribution in [0.3, 0.4) is 0 Å². The monoisotopic (exact) mass is 240 g/mol. The van der Waals surface area contributed by atoms with Crippen LogP contribution >= 0.6 is 11.8 Å². The first kappa shape index (κ1) is 13.2. The number of rotatable bonds is 8. The van der Waals surface area contributed by atoms with E-state index in [2.05, 4.69) is 16.6 Å². The van der Waals surface area contributed by atoms with E-state index in [1.165, 1.54) is 18.6 Å². The molecule has 0 radical (unpaired) electrons. The van der Waals surface area contributed by atoms with Crippen molar-refractivity contribution in [2.45, 2.75) is 19.8 Å². The molecule has 0 bridgehead atoms. The highest BCUT2D eigenvalue weighted by molar-refractivity contribution is 7.98. The molecular formula is C12H20N2OS.